The second-order valence-corrected chi connectivity index (χ2v) is 13.8. The van der Waals surface area contributed by atoms with Gasteiger partial charge in [0.05, 0.1) is 18.1 Å². The van der Waals surface area contributed by atoms with Crippen molar-refractivity contribution < 1.29 is 24.2 Å². The number of carbonyl (C=O) groups excluding carboxylic acids is 3. The molecule has 5 aliphatic carbocycles. The Bertz CT molecular complexity index is 981. The summed E-state index contributed by atoms with van der Waals surface area (Å²) in [4.78, 5) is 38.4. The quantitative estimate of drug-likeness (QED) is 0.425. The summed E-state index contributed by atoms with van der Waals surface area (Å²) in [5, 5.41) is 9.81. The van der Waals surface area contributed by atoms with Crippen LogP contribution in [0.2, 0.25) is 0 Å². The summed E-state index contributed by atoms with van der Waals surface area (Å²) in [5.74, 6) is 1.22. The van der Waals surface area contributed by atoms with Gasteiger partial charge in [-0.25, -0.2) is 0 Å². The Kier molecular flexibility index (Phi) is 5.76. The molecule has 5 heteroatoms. The molecule has 0 saturated heterocycles. The van der Waals surface area contributed by atoms with Gasteiger partial charge in [0.25, 0.3) is 0 Å². The van der Waals surface area contributed by atoms with Crippen LogP contribution < -0.4 is 0 Å². The monoisotopic (exact) mass is 484 g/mol. The van der Waals surface area contributed by atoms with Gasteiger partial charge in [-0.15, -0.1) is 0 Å². The zero-order chi connectivity index (χ0) is 25.6. The number of allylic oxidation sites excluding steroid dienone is 1. The Morgan fingerprint density at radius 1 is 1.11 bits per heavy atom. The lowest BCUT2D eigenvalue weighted by molar-refractivity contribution is -0.219. The van der Waals surface area contributed by atoms with Crippen LogP contribution in [0, 0.1) is 45.3 Å². The molecule has 0 amide bonds. The third-order valence-corrected chi connectivity index (χ3v) is 11.9. The fraction of sp³-hybridized carbons (Fsp3) is 0.833. The van der Waals surface area contributed by atoms with E-state index < -0.39 is 23.6 Å². The summed E-state index contributed by atoms with van der Waals surface area (Å²) in [6.45, 7) is 12.5. The Morgan fingerprint density at radius 2 is 1.77 bits per heavy atom. The minimum Gasteiger partial charge on any atom is -0.461 e. The molecule has 5 nitrogen and oxygen atoms in total. The standard InChI is InChI=1S/C30H44O5/c1-17-15-30(17)10-7-9-27(4)22(30)8-11-28(5)23-13-21(33)20(19(3)32)16-29(23,6)25(14-24(27)28)35-26(34)12-18(2)31/h16-18,22-25,31H,7-15H2,1-6H3/t17-,18?,22?,23?,24?,25-,27-,28-,29+,30-/m0/s1. The Labute approximate surface area is 210 Å². The molecule has 0 aliphatic heterocycles. The molecule has 10 atom stereocenters. The van der Waals surface area contributed by atoms with Crippen LogP contribution in [0.5, 0.6) is 0 Å². The number of ketones is 2. The fourth-order valence-electron chi connectivity index (χ4n) is 10.2. The van der Waals surface area contributed by atoms with Crippen molar-refractivity contribution in [3.63, 3.8) is 0 Å². The van der Waals surface area contributed by atoms with Crippen molar-refractivity contribution in [2.24, 2.45) is 45.3 Å². The number of hydrogen-bond donors (Lipinski definition) is 1. The highest BCUT2D eigenvalue weighted by atomic mass is 16.5. The van der Waals surface area contributed by atoms with Crippen LogP contribution in [-0.4, -0.2) is 34.9 Å². The van der Waals surface area contributed by atoms with Gasteiger partial charge in [-0.1, -0.05) is 40.2 Å². The van der Waals surface area contributed by atoms with Crippen molar-refractivity contribution in [2.45, 2.75) is 112 Å². The van der Waals surface area contributed by atoms with Gasteiger partial charge in [0.15, 0.2) is 11.6 Å². The Balaban J connectivity index is 1.58. The first-order chi connectivity index (χ1) is 16.3. The van der Waals surface area contributed by atoms with Crippen LogP contribution in [0.4, 0.5) is 0 Å². The third-order valence-electron chi connectivity index (χ3n) is 11.9. The summed E-state index contributed by atoms with van der Waals surface area (Å²) in [7, 11) is 0. The number of esters is 1. The number of ether oxygens (including phenoxy) is 1. The molecule has 4 saturated carbocycles. The van der Waals surface area contributed by atoms with Crippen molar-refractivity contribution >= 4 is 17.5 Å². The fourth-order valence-corrected chi connectivity index (χ4v) is 10.2. The van der Waals surface area contributed by atoms with Gasteiger partial charge in [0, 0.05) is 11.8 Å². The minimum atomic E-state index is -0.762. The van der Waals surface area contributed by atoms with Gasteiger partial charge in [0.1, 0.15) is 6.10 Å². The molecule has 0 bridgehead atoms. The molecule has 5 aliphatic rings. The normalized spacial score (nSPS) is 49.3. The van der Waals surface area contributed by atoms with E-state index in [1.165, 1.54) is 39.0 Å². The third kappa shape index (κ3) is 3.54. The summed E-state index contributed by atoms with van der Waals surface area (Å²) in [6, 6.07) is 0. The van der Waals surface area contributed by atoms with Crippen molar-refractivity contribution in [1.82, 2.24) is 0 Å². The van der Waals surface area contributed by atoms with Gasteiger partial charge < -0.3 is 9.84 Å². The molecular formula is C30H44O5. The smallest absolute Gasteiger partial charge is 0.308 e. The molecule has 0 radical (unpaired) electrons. The average Bonchev–Trinajstić information content (AvgIpc) is 3.38. The largest absolute Gasteiger partial charge is 0.461 e. The molecule has 0 aromatic rings. The van der Waals surface area contributed by atoms with E-state index in [-0.39, 0.29) is 40.3 Å². The van der Waals surface area contributed by atoms with Gasteiger partial charge in [-0.05, 0) is 92.3 Å². The molecule has 5 rings (SSSR count). The van der Waals surface area contributed by atoms with Crippen molar-refractivity contribution in [3.8, 4) is 0 Å². The topological polar surface area (TPSA) is 80.7 Å². The highest BCUT2D eigenvalue weighted by molar-refractivity contribution is 6.20. The first kappa shape index (κ1) is 25.2. The Morgan fingerprint density at radius 3 is 2.37 bits per heavy atom. The maximum atomic E-state index is 13.2. The molecule has 1 N–H and O–H groups in total. The van der Waals surface area contributed by atoms with Crippen LogP contribution in [0.15, 0.2) is 11.6 Å². The molecular weight excluding hydrogens is 440 g/mol. The van der Waals surface area contributed by atoms with E-state index in [4.69, 9.17) is 4.74 Å². The number of carbonyl (C=O) groups is 3. The van der Waals surface area contributed by atoms with Crippen molar-refractivity contribution in [2.75, 3.05) is 0 Å². The summed E-state index contributed by atoms with van der Waals surface area (Å²) in [6.07, 6.45) is 9.23. The summed E-state index contributed by atoms with van der Waals surface area (Å²) >= 11 is 0. The highest BCUT2D eigenvalue weighted by Crippen LogP contribution is 2.77. The number of Topliss-reactive ketones (excluding diaryl/α,β-unsaturated/α-hetero) is 2. The molecule has 1 spiro atoms. The van der Waals surface area contributed by atoms with Crippen LogP contribution in [-0.2, 0) is 19.1 Å². The molecule has 0 aromatic heterocycles. The number of rotatable bonds is 4. The lowest BCUT2D eigenvalue weighted by atomic mass is 9.36. The number of aliphatic hydroxyl groups is 1. The van der Waals surface area contributed by atoms with Crippen molar-refractivity contribution in [3.05, 3.63) is 11.6 Å². The van der Waals surface area contributed by atoms with E-state index in [0.717, 1.165) is 18.8 Å². The van der Waals surface area contributed by atoms with Gasteiger partial charge in [-0.3, -0.25) is 14.4 Å². The molecule has 4 unspecified atom stereocenters. The minimum absolute atomic E-state index is 0.0287. The number of hydrogen-bond acceptors (Lipinski definition) is 5. The zero-order valence-corrected chi connectivity index (χ0v) is 22.5. The summed E-state index contributed by atoms with van der Waals surface area (Å²) in [5.41, 5.74) is 0.304. The number of aliphatic hydroxyl groups excluding tert-OH is 1. The number of fused-ring (bicyclic) bond motifs is 6. The van der Waals surface area contributed by atoms with E-state index in [2.05, 4.69) is 27.7 Å². The average molecular weight is 485 g/mol. The maximum absolute atomic E-state index is 13.2. The van der Waals surface area contributed by atoms with Crippen molar-refractivity contribution in [1.29, 1.82) is 0 Å². The predicted octanol–water partition coefficient (Wildman–Crippen LogP) is 5.43. The highest BCUT2D eigenvalue weighted by Gasteiger charge is 2.71. The molecule has 0 heterocycles. The second-order valence-electron chi connectivity index (χ2n) is 13.8. The van der Waals surface area contributed by atoms with E-state index in [0.29, 0.717) is 23.7 Å². The van der Waals surface area contributed by atoms with Gasteiger partial charge in [0.2, 0.25) is 0 Å². The lowest BCUT2D eigenvalue weighted by Gasteiger charge is -2.68. The van der Waals surface area contributed by atoms with Crippen LogP contribution in [0.25, 0.3) is 0 Å². The molecule has 4 fully saturated rings. The second kappa shape index (κ2) is 8.00. The van der Waals surface area contributed by atoms with Gasteiger partial charge >= 0.3 is 5.97 Å². The lowest BCUT2D eigenvalue weighted by Crippen LogP contribution is -2.65. The molecule has 35 heavy (non-hydrogen) atoms. The predicted molar refractivity (Wildman–Crippen MR) is 133 cm³/mol. The van der Waals surface area contributed by atoms with Crippen LogP contribution in [0.3, 0.4) is 0 Å². The van der Waals surface area contributed by atoms with Crippen LogP contribution in [0.1, 0.15) is 99.3 Å². The maximum Gasteiger partial charge on any atom is 0.308 e. The van der Waals surface area contributed by atoms with E-state index in [1.54, 1.807) is 6.92 Å². The van der Waals surface area contributed by atoms with Crippen LogP contribution >= 0.6 is 0 Å². The Hall–Kier alpha value is -1.49. The van der Waals surface area contributed by atoms with E-state index in [9.17, 15) is 19.5 Å². The zero-order valence-electron chi connectivity index (χ0n) is 22.5. The molecule has 194 valence electrons. The molecule has 0 aromatic carbocycles. The summed E-state index contributed by atoms with van der Waals surface area (Å²) < 4.78 is 6.18. The first-order valence-corrected chi connectivity index (χ1v) is 13.9. The van der Waals surface area contributed by atoms with Gasteiger partial charge in [-0.2, -0.15) is 0 Å². The SMILES string of the molecule is CC(=O)C1=C[C@]2(C)C(CC1=O)[C@]1(C)CCC3[C@](C)(CCC[C@@]34C[C@@H]4C)C1C[C@@H]2OC(=O)CC(C)O. The van der Waals surface area contributed by atoms with E-state index in [1.807, 2.05) is 6.08 Å². The van der Waals surface area contributed by atoms with E-state index >= 15 is 0 Å². The first-order valence-electron chi connectivity index (χ1n) is 13.9.